The van der Waals surface area contributed by atoms with Crippen molar-refractivity contribution in [3.05, 3.63) is 35.4 Å². The molecule has 1 aliphatic heterocycles. The molecule has 16 heavy (non-hydrogen) atoms. The lowest BCUT2D eigenvalue weighted by Gasteiger charge is -2.20. The van der Waals surface area contributed by atoms with E-state index in [0.717, 1.165) is 11.3 Å². The number of carbonyl (C=O) groups is 1. The number of hydrogen-bond acceptors (Lipinski definition) is 3. The molecule has 0 radical (unpaired) electrons. The summed E-state index contributed by atoms with van der Waals surface area (Å²) >= 11 is 6.18. The molecule has 0 unspecified atom stereocenters. The van der Waals surface area contributed by atoms with E-state index < -0.39 is 0 Å². The second-order valence-corrected chi connectivity index (χ2v) is 3.79. The first-order valence-corrected chi connectivity index (χ1v) is 5.51. The highest BCUT2D eigenvalue weighted by atomic mass is 35.5. The number of carbonyl (C=O) groups excluding carboxylic acids is 1. The van der Waals surface area contributed by atoms with Gasteiger partial charge in [0.15, 0.2) is 0 Å². The summed E-state index contributed by atoms with van der Waals surface area (Å²) < 4.78 is 4.95. The van der Waals surface area contributed by atoms with Crippen molar-refractivity contribution in [2.45, 2.75) is 6.92 Å². The van der Waals surface area contributed by atoms with Crippen LogP contribution in [0.1, 0.15) is 12.5 Å². The average molecular weight is 238 g/mol. The second-order valence-electron chi connectivity index (χ2n) is 3.41. The number of rotatable bonds is 2. The van der Waals surface area contributed by atoms with Gasteiger partial charge in [0, 0.05) is 17.8 Å². The molecule has 2 rings (SSSR count). The molecule has 1 aromatic rings. The summed E-state index contributed by atoms with van der Waals surface area (Å²) in [6.45, 7) is 2.54. The molecule has 3 nitrogen and oxygen atoms in total. The van der Waals surface area contributed by atoms with Crippen LogP contribution in [0.4, 0.5) is 5.69 Å². The molecule has 0 spiro atoms. The Morgan fingerprint density at radius 2 is 2.25 bits per heavy atom. The number of ether oxygens (including phenoxy) is 1. The van der Waals surface area contributed by atoms with Crippen molar-refractivity contribution in [1.82, 2.24) is 0 Å². The lowest BCUT2D eigenvalue weighted by Crippen LogP contribution is -2.20. The fourth-order valence-corrected chi connectivity index (χ4v) is 1.94. The fourth-order valence-electron chi connectivity index (χ4n) is 1.63. The third-order valence-corrected chi connectivity index (χ3v) is 2.84. The Morgan fingerprint density at radius 3 is 3.00 bits per heavy atom. The van der Waals surface area contributed by atoms with Crippen LogP contribution >= 0.6 is 11.6 Å². The van der Waals surface area contributed by atoms with Gasteiger partial charge in [0.25, 0.3) is 0 Å². The molecule has 1 aromatic carbocycles. The summed E-state index contributed by atoms with van der Waals surface area (Å²) in [6.07, 6.45) is 0. The number of nitrogens with one attached hydrogen (secondary N) is 1. The van der Waals surface area contributed by atoms with E-state index in [2.05, 4.69) is 5.32 Å². The highest BCUT2D eigenvalue weighted by Gasteiger charge is 2.22. The van der Waals surface area contributed by atoms with E-state index in [1.807, 2.05) is 24.3 Å². The molecule has 0 saturated heterocycles. The van der Waals surface area contributed by atoms with E-state index in [1.165, 1.54) is 0 Å². The van der Waals surface area contributed by atoms with E-state index in [1.54, 1.807) is 6.92 Å². The van der Waals surface area contributed by atoms with Crippen LogP contribution in [-0.2, 0) is 9.53 Å². The molecule has 84 valence electrons. The molecule has 0 aliphatic carbocycles. The number of esters is 1. The molecule has 0 saturated carbocycles. The Bertz CT molecular complexity index is 454. The van der Waals surface area contributed by atoms with Crippen molar-refractivity contribution < 1.29 is 9.53 Å². The maximum absolute atomic E-state index is 11.6. The smallest absolute Gasteiger partial charge is 0.337 e. The topological polar surface area (TPSA) is 38.3 Å². The Morgan fingerprint density at radius 1 is 1.50 bits per heavy atom. The van der Waals surface area contributed by atoms with Crippen LogP contribution in [0.5, 0.6) is 0 Å². The van der Waals surface area contributed by atoms with Gasteiger partial charge in [0.1, 0.15) is 0 Å². The zero-order chi connectivity index (χ0) is 11.5. The maximum atomic E-state index is 11.6. The third kappa shape index (κ3) is 1.91. The van der Waals surface area contributed by atoms with Gasteiger partial charge in [0.2, 0.25) is 0 Å². The normalized spacial score (nSPS) is 14.1. The molecular weight excluding hydrogens is 226 g/mol. The van der Waals surface area contributed by atoms with Gasteiger partial charge in [-0.3, -0.25) is 0 Å². The number of halogens is 1. The summed E-state index contributed by atoms with van der Waals surface area (Å²) in [4.78, 5) is 11.6. The summed E-state index contributed by atoms with van der Waals surface area (Å²) in [5, 5.41) is 3.62. The molecular formula is C12H12ClNO2. The number of benzene rings is 1. The average Bonchev–Trinajstić information content (AvgIpc) is 2.30. The van der Waals surface area contributed by atoms with Crippen molar-refractivity contribution in [1.29, 1.82) is 0 Å². The molecule has 0 atom stereocenters. The van der Waals surface area contributed by atoms with Crippen molar-refractivity contribution in [2.75, 3.05) is 18.5 Å². The van der Waals surface area contributed by atoms with Crippen molar-refractivity contribution >= 4 is 28.3 Å². The Hall–Kier alpha value is -1.48. The standard InChI is InChI=1S/C12H12ClNO2/c1-2-16-12(15)9-7-14-10-6-4-3-5-8(10)11(9)13/h3-6,14H,2,7H2,1H3. The van der Waals surface area contributed by atoms with Gasteiger partial charge in [0.05, 0.1) is 17.2 Å². The molecule has 0 fully saturated rings. The van der Waals surface area contributed by atoms with Crippen LogP contribution in [0.3, 0.4) is 0 Å². The van der Waals surface area contributed by atoms with E-state index >= 15 is 0 Å². The monoisotopic (exact) mass is 237 g/mol. The van der Waals surface area contributed by atoms with Crippen molar-refractivity contribution in [3.8, 4) is 0 Å². The first-order chi connectivity index (χ1) is 7.74. The quantitative estimate of drug-likeness (QED) is 0.804. The van der Waals surface area contributed by atoms with Crippen LogP contribution in [0.25, 0.3) is 5.03 Å². The zero-order valence-electron chi connectivity index (χ0n) is 8.92. The minimum absolute atomic E-state index is 0.352. The van der Waals surface area contributed by atoms with Gasteiger partial charge in [-0.2, -0.15) is 0 Å². The number of para-hydroxylation sites is 1. The highest BCUT2D eigenvalue weighted by Crippen LogP contribution is 2.33. The Labute approximate surface area is 99.1 Å². The predicted octanol–water partition coefficient (Wildman–Crippen LogP) is 2.63. The van der Waals surface area contributed by atoms with Crippen LogP contribution in [0.15, 0.2) is 29.8 Å². The van der Waals surface area contributed by atoms with Crippen LogP contribution in [-0.4, -0.2) is 19.1 Å². The number of fused-ring (bicyclic) bond motifs is 1. The first-order valence-electron chi connectivity index (χ1n) is 5.13. The summed E-state index contributed by atoms with van der Waals surface area (Å²) in [7, 11) is 0. The third-order valence-electron chi connectivity index (χ3n) is 2.41. The van der Waals surface area contributed by atoms with Crippen LogP contribution in [0, 0.1) is 0 Å². The van der Waals surface area contributed by atoms with Crippen LogP contribution in [0.2, 0.25) is 0 Å². The lowest BCUT2D eigenvalue weighted by molar-refractivity contribution is -0.138. The van der Waals surface area contributed by atoms with Gasteiger partial charge in [-0.1, -0.05) is 29.8 Å². The molecule has 1 heterocycles. The molecule has 0 bridgehead atoms. The molecule has 0 amide bonds. The van der Waals surface area contributed by atoms with Gasteiger partial charge in [-0.15, -0.1) is 0 Å². The number of anilines is 1. The van der Waals surface area contributed by atoms with Crippen LogP contribution < -0.4 is 5.32 Å². The summed E-state index contributed by atoms with van der Waals surface area (Å²) in [5.41, 5.74) is 2.28. The second kappa shape index (κ2) is 4.58. The van der Waals surface area contributed by atoms with Gasteiger partial charge >= 0.3 is 5.97 Å². The molecule has 1 aliphatic rings. The van der Waals surface area contributed by atoms with E-state index in [4.69, 9.17) is 16.3 Å². The molecule has 0 aromatic heterocycles. The molecule has 4 heteroatoms. The van der Waals surface area contributed by atoms with Gasteiger partial charge in [-0.05, 0) is 13.0 Å². The molecule has 1 N–H and O–H groups in total. The van der Waals surface area contributed by atoms with E-state index in [-0.39, 0.29) is 5.97 Å². The van der Waals surface area contributed by atoms with E-state index in [0.29, 0.717) is 23.8 Å². The first kappa shape index (κ1) is 11.0. The Kier molecular flexibility index (Phi) is 3.15. The maximum Gasteiger partial charge on any atom is 0.337 e. The van der Waals surface area contributed by atoms with Gasteiger partial charge in [-0.25, -0.2) is 4.79 Å². The predicted molar refractivity (Wildman–Crippen MR) is 64.3 cm³/mol. The zero-order valence-corrected chi connectivity index (χ0v) is 9.67. The van der Waals surface area contributed by atoms with Crippen molar-refractivity contribution in [2.24, 2.45) is 0 Å². The number of hydrogen-bond donors (Lipinski definition) is 1. The summed E-state index contributed by atoms with van der Waals surface area (Å²) in [5.74, 6) is -0.352. The summed E-state index contributed by atoms with van der Waals surface area (Å²) in [6, 6.07) is 7.62. The minimum Gasteiger partial charge on any atom is -0.463 e. The van der Waals surface area contributed by atoms with E-state index in [9.17, 15) is 4.79 Å². The lowest BCUT2D eigenvalue weighted by atomic mass is 10.0. The van der Waals surface area contributed by atoms with Gasteiger partial charge < -0.3 is 10.1 Å². The van der Waals surface area contributed by atoms with Crippen molar-refractivity contribution in [3.63, 3.8) is 0 Å². The fraction of sp³-hybridized carbons (Fsp3) is 0.250. The SMILES string of the molecule is CCOC(=O)C1=C(Cl)c2ccccc2NC1. The largest absolute Gasteiger partial charge is 0.463 e. The highest BCUT2D eigenvalue weighted by molar-refractivity contribution is 6.51. The minimum atomic E-state index is -0.352. The Balaban J connectivity index is 2.39.